The number of likely N-dealkylation sites (tertiary alicyclic amines) is 1. The smallest absolute Gasteiger partial charge is 0.240 e. The van der Waals surface area contributed by atoms with Crippen molar-refractivity contribution in [1.29, 1.82) is 0 Å². The fraction of sp³-hybridized carbons (Fsp3) is 0.818. The van der Waals surface area contributed by atoms with Crippen molar-refractivity contribution in [2.75, 3.05) is 13.1 Å². The third kappa shape index (κ3) is 3.48. The molecule has 1 fully saturated rings. The number of hydrogen-bond acceptors (Lipinski definition) is 3. The van der Waals surface area contributed by atoms with Gasteiger partial charge in [-0.2, -0.15) is 0 Å². The Kier molecular flexibility index (Phi) is 4.73. The molecule has 0 aromatic rings. The van der Waals surface area contributed by atoms with Crippen molar-refractivity contribution in [1.82, 2.24) is 10.2 Å². The van der Waals surface area contributed by atoms with Crippen LogP contribution in [0.25, 0.3) is 0 Å². The van der Waals surface area contributed by atoms with E-state index in [4.69, 9.17) is 5.73 Å². The van der Waals surface area contributed by atoms with Crippen molar-refractivity contribution in [3.8, 4) is 0 Å². The van der Waals surface area contributed by atoms with Gasteiger partial charge in [0.25, 0.3) is 0 Å². The number of hydrogen-bond donors (Lipinski definition) is 2. The maximum Gasteiger partial charge on any atom is 0.240 e. The highest BCUT2D eigenvalue weighted by atomic mass is 16.2. The Labute approximate surface area is 96.4 Å². The van der Waals surface area contributed by atoms with Gasteiger partial charge in [-0.05, 0) is 12.8 Å². The zero-order valence-corrected chi connectivity index (χ0v) is 10.0. The zero-order valence-electron chi connectivity index (χ0n) is 10.0. The molecule has 5 nitrogen and oxygen atoms in total. The lowest BCUT2D eigenvalue weighted by Crippen LogP contribution is -2.44. The molecule has 1 aliphatic rings. The topological polar surface area (TPSA) is 75.4 Å². The highest BCUT2D eigenvalue weighted by Crippen LogP contribution is 2.17. The third-order valence-corrected chi connectivity index (χ3v) is 2.79. The molecular weight excluding hydrogens is 206 g/mol. The van der Waals surface area contributed by atoms with Crippen LogP contribution < -0.4 is 11.1 Å². The van der Waals surface area contributed by atoms with Gasteiger partial charge in [-0.3, -0.25) is 9.59 Å². The number of amides is 2. The Morgan fingerprint density at radius 1 is 1.50 bits per heavy atom. The first kappa shape index (κ1) is 13.0. The van der Waals surface area contributed by atoms with Crippen LogP contribution in [0.4, 0.5) is 0 Å². The third-order valence-electron chi connectivity index (χ3n) is 2.79. The second kappa shape index (κ2) is 5.84. The van der Waals surface area contributed by atoms with E-state index in [0.29, 0.717) is 32.0 Å². The van der Waals surface area contributed by atoms with E-state index in [-0.39, 0.29) is 17.9 Å². The Morgan fingerprint density at radius 3 is 2.75 bits per heavy atom. The van der Waals surface area contributed by atoms with E-state index in [2.05, 4.69) is 5.32 Å². The number of nitrogens with zero attached hydrogens (tertiary/aromatic N) is 1. The van der Waals surface area contributed by atoms with E-state index in [1.807, 2.05) is 13.8 Å². The van der Waals surface area contributed by atoms with E-state index in [9.17, 15) is 9.59 Å². The first-order valence-electron chi connectivity index (χ1n) is 5.84. The first-order chi connectivity index (χ1) is 7.52. The Hall–Kier alpha value is -1.10. The number of nitrogens with one attached hydrogen (secondary N) is 1. The Bertz CT molecular complexity index is 266. The van der Waals surface area contributed by atoms with Crippen LogP contribution in [0.2, 0.25) is 0 Å². The van der Waals surface area contributed by atoms with Crippen LogP contribution in [0.3, 0.4) is 0 Å². The Balaban J connectivity index is 2.38. The molecule has 5 heteroatoms. The van der Waals surface area contributed by atoms with Gasteiger partial charge < -0.3 is 16.0 Å². The average Bonchev–Trinajstić information content (AvgIpc) is 2.65. The van der Waals surface area contributed by atoms with Crippen LogP contribution in [0.1, 0.15) is 33.1 Å². The monoisotopic (exact) mass is 227 g/mol. The predicted molar refractivity (Wildman–Crippen MR) is 61.7 cm³/mol. The van der Waals surface area contributed by atoms with E-state index in [0.717, 1.165) is 6.42 Å². The molecule has 16 heavy (non-hydrogen) atoms. The molecule has 0 saturated carbocycles. The molecule has 92 valence electrons. The van der Waals surface area contributed by atoms with Gasteiger partial charge in [0.2, 0.25) is 11.8 Å². The minimum Gasteiger partial charge on any atom is -0.368 e. The zero-order chi connectivity index (χ0) is 12.1. The second-order valence-corrected chi connectivity index (χ2v) is 4.51. The van der Waals surface area contributed by atoms with Gasteiger partial charge in [-0.1, -0.05) is 13.8 Å². The average molecular weight is 227 g/mol. The van der Waals surface area contributed by atoms with Gasteiger partial charge in [0, 0.05) is 25.6 Å². The molecule has 1 heterocycles. The van der Waals surface area contributed by atoms with Crippen LogP contribution in [0.5, 0.6) is 0 Å². The quantitative estimate of drug-likeness (QED) is 0.686. The molecule has 1 atom stereocenters. The Morgan fingerprint density at radius 2 is 2.19 bits per heavy atom. The highest BCUT2D eigenvalue weighted by Gasteiger charge is 2.31. The summed E-state index contributed by atoms with van der Waals surface area (Å²) in [4.78, 5) is 24.5. The number of rotatable bonds is 5. The molecule has 0 aliphatic carbocycles. The fourth-order valence-electron chi connectivity index (χ4n) is 1.97. The summed E-state index contributed by atoms with van der Waals surface area (Å²) in [5.41, 5.74) is 5.25. The normalized spacial score (nSPS) is 20.4. The van der Waals surface area contributed by atoms with Crippen LogP contribution in [-0.4, -0.2) is 41.9 Å². The van der Waals surface area contributed by atoms with Crippen molar-refractivity contribution in [3.05, 3.63) is 0 Å². The van der Waals surface area contributed by atoms with Crippen LogP contribution in [-0.2, 0) is 9.59 Å². The molecule has 0 spiro atoms. The van der Waals surface area contributed by atoms with Crippen molar-refractivity contribution in [3.63, 3.8) is 0 Å². The number of nitrogens with two attached hydrogens (primary N) is 1. The SMILES string of the molecule is CC(C)NCCC(=O)N1CCCC1C(N)=O. The molecule has 0 bridgehead atoms. The molecule has 0 aromatic carbocycles. The summed E-state index contributed by atoms with van der Waals surface area (Å²) in [5, 5.41) is 3.18. The lowest BCUT2D eigenvalue weighted by atomic mass is 10.2. The minimum atomic E-state index is -0.386. The van der Waals surface area contributed by atoms with E-state index in [1.54, 1.807) is 4.90 Å². The lowest BCUT2D eigenvalue weighted by Gasteiger charge is -2.22. The van der Waals surface area contributed by atoms with Gasteiger partial charge in [0.1, 0.15) is 6.04 Å². The lowest BCUT2D eigenvalue weighted by molar-refractivity contribution is -0.137. The van der Waals surface area contributed by atoms with Crippen LogP contribution >= 0.6 is 0 Å². The van der Waals surface area contributed by atoms with Gasteiger partial charge in [-0.25, -0.2) is 0 Å². The summed E-state index contributed by atoms with van der Waals surface area (Å²) in [7, 11) is 0. The fourth-order valence-corrected chi connectivity index (χ4v) is 1.97. The molecular formula is C11H21N3O2. The maximum atomic E-state index is 11.8. The van der Waals surface area contributed by atoms with Crippen LogP contribution in [0, 0.1) is 0 Å². The molecule has 0 aromatic heterocycles. The van der Waals surface area contributed by atoms with Crippen molar-refractivity contribution in [2.24, 2.45) is 5.73 Å². The van der Waals surface area contributed by atoms with Crippen molar-refractivity contribution < 1.29 is 9.59 Å². The molecule has 3 N–H and O–H groups in total. The maximum absolute atomic E-state index is 11.8. The van der Waals surface area contributed by atoms with Gasteiger partial charge in [0.05, 0.1) is 0 Å². The van der Waals surface area contributed by atoms with Gasteiger partial charge in [0.15, 0.2) is 0 Å². The molecule has 1 rings (SSSR count). The highest BCUT2D eigenvalue weighted by molar-refractivity contribution is 5.87. The number of carbonyl (C=O) groups excluding carboxylic acids is 2. The predicted octanol–water partition coefficient (Wildman–Crippen LogP) is -0.149. The van der Waals surface area contributed by atoms with Crippen molar-refractivity contribution in [2.45, 2.75) is 45.2 Å². The second-order valence-electron chi connectivity index (χ2n) is 4.51. The summed E-state index contributed by atoms with van der Waals surface area (Å²) in [6.07, 6.45) is 2.01. The molecule has 1 saturated heterocycles. The molecule has 0 radical (unpaired) electrons. The van der Waals surface area contributed by atoms with Crippen molar-refractivity contribution >= 4 is 11.8 Å². The summed E-state index contributed by atoms with van der Waals surface area (Å²) in [6.45, 7) is 5.38. The van der Waals surface area contributed by atoms with E-state index >= 15 is 0 Å². The summed E-state index contributed by atoms with van der Waals surface area (Å²) in [6, 6.07) is -0.00938. The molecule has 1 unspecified atom stereocenters. The number of primary amides is 1. The van der Waals surface area contributed by atoms with Gasteiger partial charge in [-0.15, -0.1) is 0 Å². The summed E-state index contributed by atoms with van der Waals surface area (Å²) >= 11 is 0. The summed E-state index contributed by atoms with van der Waals surface area (Å²) < 4.78 is 0. The first-order valence-corrected chi connectivity index (χ1v) is 5.84. The van der Waals surface area contributed by atoms with Crippen LogP contribution in [0.15, 0.2) is 0 Å². The standard InChI is InChI=1S/C11H21N3O2/c1-8(2)13-6-5-10(15)14-7-3-4-9(14)11(12)16/h8-9,13H,3-7H2,1-2H3,(H2,12,16). The molecule has 2 amide bonds. The minimum absolute atomic E-state index is 0.0226. The van der Waals surface area contributed by atoms with Gasteiger partial charge >= 0.3 is 0 Å². The summed E-state index contributed by atoms with van der Waals surface area (Å²) in [5.74, 6) is -0.364. The largest absolute Gasteiger partial charge is 0.368 e. The molecule has 1 aliphatic heterocycles. The van der Waals surface area contributed by atoms with E-state index < -0.39 is 0 Å². The number of carbonyl (C=O) groups is 2. The van der Waals surface area contributed by atoms with E-state index in [1.165, 1.54) is 0 Å².